The Morgan fingerprint density at radius 1 is 1.06 bits per heavy atom. The first-order valence-corrected chi connectivity index (χ1v) is 10.2. The number of nitrogens with one attached hydrogen (secondary N) is 2. The lowest BCUT2D eigenvalue weighted by molar-refractivity contribution is -0.136. The number of halogens is 2. The van der Waals surface area contributed by atoms with Crippen LogP contribution in [0.25, 0.3) is 5.69 Å². The minimum atomic E-state index is -0.902. The van der Waals surface area contributed by atoms with Gasteiger partial charge in [-0.1, -0.05) is 62.2 Å². The molecule has 3 aromatic rings. The van der Waals surface area contributed by atoms with Gasteiger partial charge in [0.2, 0.25) is 0 Å². The third kappa shape index (κ3) is 5.57. The summed E-state index contributed by atoms with van der Waals surface area (Å²) in [4.78, 5) is 23.6. The topological polar surface area (TPSA) is 96.2 Å². The van der Waals surface area contributed by atoms with E-state index in [0.29, 0.717) is 27.8 Å². The lowest BCUT2D eigenvalue weighted by atomic mass is 9.92. The molecule has 2 amide bonds. The Morgan fingerprint density at radius 2 is 1.74 bits per heavy atom. The number of hydrogen-bond acceptors (Lipinski definition) is 3. The van der Waals surface area contributed by atoms with Gasteiger partial charge in [0.25, 0.3) is 0 Å². The van der Waals surface area contributed by atoms with Crippen molar-refractivity contribution in [2.45, 2.75) is 32.6 Å². The molecular weight excluding hydrogens is 439 g/mol. The summed E-state index contributed by atoms with van der Waals surface area (Å²) in [6.07, 6.45) is -0.0689. The summed E-state index contributed by atoms with van der Waals surface area (Å²) in [6.45, 7) is 6.06. The third-order valence-corrected chi connectivity index (χ3v) is 5.27. The van der Waals surface area contributed by atoms with Crippen LogP contribution in [0.1, 0.15) is 32.0 Å². The number of aromatic nitrogens is 2. The molecule has 3 rings (SSSR count). The molecule has 0 aliphatic carbocycles. The monoisotopic (exact) mass is 460 g/mol. The van der Waals surface area contributed by atoms with E-state index in [4.69, 9.17) is 28.3 Å². The number of carboxylic acid groups (broad SMARTS) is 1. The number of anilines is 2. The Bertz CT molecular complexity index is 1120. The molecule has 0 fully saturated rings. The Morgan fingerprint density at radius 3 is 2.35 bits per heavy atom. The van der Waals surface area contributed by atoms with Crippen LogP contribution >= 0.6 is 23.2 Å². The SMILES string of the molecule is CC(C)(C)c1cc(NC(=O)Nc2cccc(Cl)c2Cl)n(-c2ccc(CC(=O)O)cc2)n1. The molecule has 0 bridgehead atoms. The zero-order valence-corrected chi connectivity index (χ0v) is 18.8. The van der Waals surface area contributed by atoms with Gasteiger partial charge in [-0.2, -0.15) is 5.10 Å². The quantitative estimate of drug-likeness (QED) is 0.451. The van der Waals surface area contributed by atoms with Crippen molar-refractivity contribution in [1.82, 2.24) is 9.78 Å². The van der Waals surface area contributed by atoms with E-state index >= 15 is 0 Å². The molecule has 0 spiro atoms. The van der Waals surface area contributed by atoms with Crippen LogP contribution in [0.2, 0.25) is 10.0 Å². The van der Waals surface area contributed by atoms with E-state index in [-0.39, 0.29) is 16.9 Å². The number of urea groups is 1. The van der Waals surface area contributed by atoms with E-state index in [0.717, 1.165) is 5.69 Å². The number of rotatable bonds is 5. The van der Waals surface area contributed by atoms with Crippen LogP contribution in [0.15, 0.2) is 48.5 Å². The molecule has 0 saturated heterocycles. The van der Waals surface area contributed by atoms with Gasteiger partial charge in [0.15, 0.2) is 0 Å². The molecule has 0 aliphatic heterocycles. The van der Waals surface area contributed by atoms with Crippen molar-refractivity contribution in [1.29, 1.82) is 0 Å². The second-order valence-electron chi connectivity index (χ2n) is 7.99. The smallest absolute Gasteiger partial charge is 0.324 e. The molecule has 0 saturated carbocycles. The fourth-order valence-electron chi connectivity index (χ4n) is 2.83. The Balaban J connectivity index is 1.90. The van der Waals surface area contributed by atoms with Gasteiger partial charge in [0.05, 0.1) is 33.5 Å². The summed E-state index contributed by atoms with van der Waals surface area (Å²) in [5.74, 6) is -0.452. The highest BCUT2D eigenvalue weighted by Crippen LogP contribution is 2.30. The lowest BCUT2D eigenvalue weighted by Gasteiger charge is -2.14. The highest BCUT2D eigenvalue weighted by atomic mass is 35.5. The van der Waals surface area contributed by atoms with Crippen molar-refractivity contribution in [2.75, 3.05) is 10.6 Å². The van der Waals surface area contributed by atoms with Gasteiger partial charge in [-0.05, 0) is 29.8 Å². The fraction of sp³-hybridized carbons (Fsp3) is 0.227. The van der Waals surface area contributed by atoms with Gasteiger partial charge in [-0.3, -0.25) is 10.1 Å². The Kier molecular flexibility index (Phi) is 6.57. The molecule has 1 aromatic heterocycles. The second kappa shape index (κ2) is 8.99. The van der Waals surface area contributed by atoms with Crippen LogP contribution < -0.4 is 10.6 Å². The minimum Gasteiger partial charge on any atom is -0.481 e. The summed E-state index contributed by atoms with van der Waals surface area (Å²) in [5.41, 5.74) is 2.26. The predicted octanol–water partition coefficient (Wildman–Crippen LogP) is 5.75. The molecule has 162 valence electrons. The van der Waals surface area contributed by atoms with Gasteiger partial charge < -0.3 is 10.4 Å². The van der Waals surface area contributed by atoms with Crippen LogP contribution in [-0.2, 0) is 16.6 Å². The predicted molar refractivity (Wildman–Crippen MR) is 123 cm³/mol. The third-order valence-electron chi connectivity index (χ3n) is 4.46. The number of hydrogen-bond donors (Lipinski definition) is 3. The summed E-state index contributed by atoms with van der Waals surface area (Å²) in [7, 11) is 0. The van der Waals surface area contributed by atoms with Crippen LogP contribution in [0.4, 0.5) is 16.3 Å². The van der Waals surface area contributed by atoms with Crippen LogP contribution in [-0.4, -0.2) is 26.9 Å². The number of carboxylic acids is 1. The van der Waals surface area contributed by atoms with Gasteiger partial charge in [-0.25, -0.2) is 9.48 Å². The number of amides is 2. The molecule has 0 atom stereocenters. The summed E-state index contributed by atoms with van der Waals surface area (Å²) in [6, 6.07) is 13.2. The zero-order valence-electron chi connectivity index (χ0n) is 17.2. The Hall–Kier alpha value is -3.03. The number of carbonyl (C=O) groups excluding carboxylic acids is 1. The van der Waals surface area contributed by atoms with E-state index < -0.39 is 12.0 Å². The molecule has 2 aromatic carbocycles. The fourth-order valence-corrected chi connectivity index (χ4v) is 3.18. The number of aliphatic carboxylic acids is 1. The molecule has 0 aliphatic rings. The normalized spacial score (nSPS) is 11.3. The van der Waals surface area contributed by atoms with Crippen molar-refractivity contribution in [3.05, 3.63) is 69.8 Å². The summed E-state index contributed by atoms with van der Waals surface area (Å²) >= 11 is 12.2. The first-order valence-electron chi connectivity index (χ1n) is 9.48. The maximum Gasteiger partial charge on any atom is 0.324 e. The summed E-state index contributed by atoms with van der Waals surface area (Å²) < 4.78 is 1.60. The molecule has 3 N–H and O–H groups in total. The van der Waals surface area contributed by atoms with Gasteiger partial charge >= 0.3 is 12.0 Å². The average Bonchev–Trinajstić information content (AvgIpc) is 3.10. The molecule has 0 unspecified atom stereocenters. The van der Waals surface area contributed by atoms with Crippen LogP contribution in [0.3, 0.4) is 0 Å². The molecule has 0 radical (unpaired) electrons. The first-order chi connectivity index (χ1) is 14.5. The van der Waals surface area contributed by atoms with Crippen molar-refractivity contribution < 1.29 is 14.7 Å². The molecule has 31 heavy (non-hydrogen) atoms. The highest BCUT2D eigenvalue weighted by Gasteiger charge is 2.22. The number of carbonyl (C=O) groups is 2. The van der Waals surface area contributed by atoms with E-state index in [9.17, 15) is 9.59 Å². The van der Waals surface area contributed by atoms with E-state index in [1.807, 2.05) is 20.8 Å². The Labute approximate surface area is 190 Å². The van der Waals surface area contributed by atoms with Crippen molar-refractivity contribution in [2.24, 2.45) is 0 Å². The zero-order chi connectivity index (χ0) is 22.8. The van der Waals surface area contributed by atoms with Gasteiger partial charge in [0.1, 0.15) is 5.82 Å². The van der Waals surface area contributed by atoms with Crippen molar-refractivity contribution in [3.63, 3.8) is 0 Å². The van der Waals surface area contributed by atoms with Crippen LogP contribution in [0, 0.1) is 0 Å². The first kappa shape index (κ1) is 22.7. The highest BCUT2D eigenvalue weighted by molar-refractivity contribution is 6.44. The van der Waals surface area contributed by atoms with Crippen LogP contribution in [0.5, 0.6) is 0 Å². The van der Waals surface area contributed by atoms with Crippen molar-refractivity contribution >= 4 is 46.7 Å². The largest absolute Gasteiger partial charge is 0.481 e. The van der Waals surface area contributed by atoms with E-state index in [1.54, 1.807) is 53.2 Å². The lowest BCUT2D eigenvalue weighted by Crippen LogP contribution is -2.21. The maximum absolute atomic E-state index is 12.6. The van der Waals surface area contributed by atoms with Gasteiger partial charge in [0, 0.05) is 11.5 Å². The number of benzene rings is 2. The number of nitrogens with zero attached hydrogens (tertiary/aromatic N) is 2. The van der Waals surface area contributed by atoms with E-state index in [1.165, 1.54) is 0 Å². The van der Waals surface area contributed by atoms with Gasteiger partial charge in [-0.15, -0.1) is 0 Å². The second-order valence-corrected chi connectivity index (χ2v) is 8.78. The molecule has 7 nitrogen and oxygen atoms in total. The summed E-state index contributed by atoms with van der Waals surface area (Å²) in [5, 5.41) is 19.7. The molecule has 9 heteroatoms. The minimum absolute atomic E-state index is 0.0689. The maximum atomic E-state index is 12.6. The van der Waals surface area contributed by atoms with E-state index in [2.05, 4.69) is 15.7 Å². The standard InChI is InChI=1S/C22H22Cl2N4O3/c1-22(2,3)17-12-18(26-21(31)25-16-6-4-5-15(23)20(16)24)28(27-17)14-9-7-13(8-10-14)11-19(29)30/h4-10,12H,11H2,1-3H3,(H,29,30)(H2,25,26,31). The molecule has 1 heterocycles. The molecular formula is C22H22Cl2N4O3. The average molecular weight is 461 g/mol. The van der Waals surface area contributed by atoms with Crippen molar-refractivity contribution in [3.8, 4) is 5.69 Å².